The predicted octanol–water partition coefficient (Wildman–Crippen LogP) is 4.69. The lowest BCUT2D eigenvalue weighted by Gasteiger charge is -2.13. The SMILES string of the molecule is CCOc1cc(Cl)c(/C=C(\C#N)C(=O)Nc2ccc(OC)cc2)cc1OCC. The van der Waals surface area contributed by atoms with E-state index < -0.39 is 5.91 Å². The van der Waals surface area contributed by atoms with Crippen molar-refractivity contribution in [3.05, 3.63) is 52.6 Å². The number of hydrogen-bond acceptors (Lipinski definition) is 5. The molecule has 0 heterocycles. The van der Waals surface area contributed by atoms with Crippen LogP contribution in [-0.4, -0.2) is 26.2 Å². The van der Waals surface area contributed by atoms with Gasteiger partial charge in [-0.2, -0.15) is 5.26 Å². The second-order valence-corrected chi connectivity index (χ2v) is 5.95. The average molecular weight is 401 g/mol. The molecule has 1 amide bonds. The summed E-state index contributed by atoms with van der Waals surface area (Å²) >= 11 is 6.30. The van der Waals surface area contributed by atoms with Crippen LogP contribution in [0.25, 0.3) is 6.08 Å². The number of methoxy groups -OCH3 is 1. The third kappa shape index (κ3) is 5.41. The molecule has 0 aliphatic carbocycles. The molecule has 0 spiro atoms. The van der Waals surface area contributed by atoms with E-state index in [0.717, 1.165) is 0 Å². The molecule has 0 fully saturated rings. The lowest BCUT2D eigenvalue weighted by molar-refractivity contribution is -0.112. The van der Waals surface area contributed by atoms with Gasteiger partial charge in [0.05, 0.1) is 25.3 Å². The monoisotopic (exact) mass is 400 g/mol. The highest BCUT2D eigenvalue weighted by atomic mass is 35.5. The summed E-state index contributed by atoms with van der Waals surface area (Å²) in [6.45, 7) is 4.60. The lowest BCUT2D eigenvalue weighted by Crippen LogP contribution is -2.13. The molecule has 1 N–H and O–H groups in total. The Morgan fingerprint density at radius 2 is 1.75 bits per heavy atom. The van der Waals surface area contributed by atoms with E-state index in [0.29, 0.717) is 46.7 Å². The Morgan fingerprint density at radius 1 is 1.14 bits per heavy atom. The first-order valence-corrected chi connectivity index (χ1v) is 9.06. The van der Waals surface area contributed by atoms with Crippen molar-refractivity contribution in [2.45, 2.75) is 13.8 Å². The van der Waals surface area contributed by atoms with Crippen LogP contribution in [0.15, 0.2) is 42.0 Å². The molecule has 2 aromatic carbocycles. The summed E-state index contributed by atoms with van der Waals surface area (Å²) < 4.78 is 16.2. The van der Waals surface area contributed by atoms with E-state index in [1.807, 2.05) is 19.9 Å². The average Bonchev–Trinajstić information content (AvgIpc) is 2.69. The summed E-state index contributed by atoms with van der Waals surface area (Å²) in [6, 6.07) is 12.0. The van der Waals surface area contributed by atoms with E-state index in [9.17, 15) is 10.1 Å². The van der Waals surface area contributed by atoms with Gasteiger partial charge in [-0.1, -0.05) is 11.6 Å². The Morgan fingerprint density at radius 3 is 2.29 bits per heavy atom. The number of nitrogens with one attached hydrogen (secondary N) is 1. The van der Waals surface area contributed by atoms with E-state index in [2.05, 4.69) is 5.32 Å². The zero-order valence-electron chi connectivity index (χ0n) is 15.9. The molecule has 0 aliphatic rings. The van der Waals surface area contributed by atoms with Crippen LogP contribution in [0, 0.1) is 11.3 Å². The van der Waals surface area contributed by atoms with Crippen LogP contribution in [0.1, 0.15) is 19.4 Å². The lowest BCUT2D eigenvalue weighted by atomic mass is 10.1. The van der Waals surface area contributed by atoms with Gasteiger partial charge in [-0.3, -0.25) is 4.79 Å². The third-order valence-electron chi connectivity index (χ3n) is 3.68. The standard InChI is InChI=1S/C21H21ClN2O4/c1-4-27-19-11-14(18(22)12-20(19)28-5-2)10-15(13-23)21(25)24-16-6-8-17(26-3)9-7-16/h6-12H,4-5H2,1-3H3,(H,24,25)/b15-10+. The van der Waals surface area contributed by atoms with Gasteiger partial charge >= 0.3 is 0 Å². The number of ether oxygens (including phenoxy) is 3. The Bertz CT molecular complexity index is 902. The van der Waals surface area contributed by atoms with Gasteiger partial charge in [0.1, 0.15) is 17.4 Å². The van der Waals surface area contributed by atoms with E-state index in [4.69, 9.17) is 25.8 Å². The molecule has 6 nitrogen and oxygen atoms in total. The van der Waals surface area contributed by atoms with Gasteiger partial charge < -0.3 is 19.5 Å². The first-order valence-electron chi connectivity index (χ1n) is 8.68. The molecular formula is C21H21ClN2O4. The molecule has 0 radical (unpaired) electrons. The number of nitriles is 1. The topological polar surface area (TPSA) is 80.6 Å². The van der Waals surface area contributed by atoms with Crippen LogP contribution in [0.2, 0.25) is 5.02 Å². The molecule has 0 aromatic heterocycles. The fourth-order valence-electron chi connectivity index (χ4n) is 2.37. The number of anilines is 1. The maximum absolute atomic E-state index is 12.5. The second-order valence-electron chi connectivity index (χ2n) is 5.54. The number of benzene rings is 2. The van der Waals surface area contributed by atoms with Crippen LogP contribution >= 0.6 is 11.6 Å². The van der Waals surface area contributed by atoms with Gasteiger partial charge in [-0.25, -0.2) is 0 Å². The maximum atomic E-state index is 12.5. The smallest absolute Gasteiger partial charge is 0.266 e. The highest BCUT2D eigenvalue weighted by Crippen LogP contribution is 2.34. The van der Waals surface area contributed by atoms with Crippen molar-refractivity contribution in [2.24, 2.45) is 0 Å². The van der Waals surface area contributed by atoms with Gasteiger partial charge in [0.25, 0.3) is 5.91 Å². The fourth-order valence-corrected chi connectivity index (χ4v) is 2.58. The molecule has 7 heteroatoms. The molecule has 146 valence electrons. The number of halogens is 1. The minimum absolute atomic E-state index is 0.0932. The number of rotatable bonds is 8. The normalized spacial score (nSPS) is 10.8. The van der Waals surface area contributed by atoms with Crippen molar-refractivity contribution in [1.29, 1.82) is 5.26 Å². The van der Waals surface area contributed by atoms with E-state index in [-0.39, 0.29) is 5.57 Å². The Kier molecular flexibility index (Phi) is 7.73. The number of carbonyl (C=O) groups is 1. The maximum Gasteiger partial charge on any atom is 0.266 e. The van der Waals surface area contributed by atoms with E-state index in [1.165, 1.54) is 6.08 Å². The zero-order chi connectivity index (χ0) is 20.5. The van der Waals surface area contributed by atoms with Gasteiger partial charge in [-0.15, -0.1) is 0 Å². The first-order chi connectivity index (χ1) is 13.5. The van der Waals surface area contributed by atoms with Crippen molar-refractivity contribution in [3.8, 4) is 23.3 Å². The van der Waals surface area contributed by atoms with Crippen LogP contribution in [0.4, 0.5) is 5.69 Å². The predicted molar refractivity (Wildman–Crippen MR) is 109 cm³/mol. The molecule has 28 heavy (non-hydrogen) atoms. The van der Waals surface area contributed by atoms with Crippen LogP contribution in [0.5, 0.6) is 17.2 Å². The second kappa shape index (κ2) is 10.2. The molecular weight excluding hydrogens is 380 g/mol. The highest BCUT2D eigenvalue weighted by molar-refractivity contribution is 6.32. The van der Waals surface area contributed by atoms with E-state index in [1.54, 1.807) is 43.5 Å². The van der Waals surface area contributed by atoms with E-state index >= 15 is 0 Å². The number of nitrogens with zero attached hydrogens (tertiary/aromatic N) is 1. The van der Waals surface area contributed by atoms with Crippen molar-refractivity contribution < 1.29 is 19.0 Å². The third-order valence-corrected chi connectivity index (χ3v) is 4.00. The first kappa shape index (κ1) is 21.1. The number of carbonyl (C=O) groups excluding carboxylic acids is 1. The van der Waals surface area contributed by atoms with Crippen molar-refractivity contribution in [3.63, 3.8) is 0 Å². The van der Waals surface area contributed by atoms with Gasteiger partial charge in [0, 0.05) is 11.8 Å². The number of hydrogen-bond donors (Lipinski definition) is 1. The molecule has 2 aromatic rings. The summed E-state index contributed by atoms with van der Waals surface area (Å²) in [4.78, 5) is 12.5. The van der Waals surface area contributed by atoms with Gasteiger partial charge in [-0.05, 0) is 55.8 Å². The van der Waals surface area contributed by atoms with Crippen molar-refractivity contribution in [1.82, 2.24) is 0 Å². The molecule has 0 bridgehead atoms. The molecule has 0 unspecified atom stereocenters. The highest BCUT2D eigenvalue weighted by Gasteiger charge is 2.14. The van der Waals surface area contributed by atoms with Gasteiger partial charge in [0.2, 0.25) is 0 Å². The van der Waals surface area contributed by atoms with Crippen molar-refractivity contribution in [2.75, 3.05) is 25.6 Å². The summed E-state index contributed by atoms with van der Waals surface area (Å²) in [7, 11) is 1.56. The van der Waals surface area contributed by atoms with Crippen LogP contribution in [-0.2, 0) is 4.79 Å². The Hall–Kier alpha value is -3.17. The summed E-state index contributed by atoms with van der Waals surface area (Å²) in [5.74, 6) is 1.12. The fraction of sp³-hybridized carbons (Fsp3) is 0.238. The molecule has 0 atom stereocenters. The zero-order valence-corrected chi connectivity index (χ0v) is 16.7. The van der Waals surface area contributed by atoms with Crippen LogP contribution in [0.3, 0.4) is 0 Å². The molecule has 0 aliphatic heterocycles. The molecule has 2 rings (SSSR count). The number of amides is 1. The molecule has 0 saturated carbocycles. The summed E-state index contributed by atoms with van der Waals surface area (Å²) in [5, 5.41) is 12.4. The Labute approximate surface area is 169 Å². The largest absolute Gasteiger partial charge is 0.497 e. The molecule has 0 saturated heterocycles. The quantitative estimate of drug-likeness (QED) is 0.513. The minimum atomic E-state index is -0.546. The summed E-state index contributed by atoms with van der Waals surface area (Å²) in [6.07, 6.45) is 1.42. The van der Waals surface area contributed by atoms with Gasteiger partial charge in [0.15, 0.2) is 11.5 Å². The minimum Gasteiger partial charge on any atom is -0.497 e. The van der Waals surface area contributed by atoms with Crippen molar-refractivity contribution >= 4 is 29.3 Å². The van der Waals surface area contributed by atoms with Crippen LogP contribution < -0.4 is 19.5 Å². The Balaban J connectivity index is 2.30. The summed E-state index contributed by atoms with van der Waals surface area (Å²) in [5.41, 5.74) is 0.930.